The molecule has 2 atom stereocenters. The molecule has 1 heterocycles. The molecule has 0 spiro atoms. The number of likely N-dealkylation sites (tertiary alicyclic amines) is 1. The molecule has 20 heavy (non-hydrogen) atoms. The molecule has 1 aromatic carbocycles. The fourth-order valence-electron chi connectivity index (χ4n) is 3.56. The van der Waals surface area contributed by atoms with Gasteiger partial charge in [0.05, 0.1) is 0 Å². The summed E-state index contributed by atoms with van der Waals surface area (Å²) in [5.41, 5.74) is 2.90. The van der Waals surface area contributed by atoms with Gasteiger partial charge in [-0.1, -0.05) is 24.1 Å². The first-order valence-corrected chi connectivity index (χ1v) is 8.35. The number of benzene rings is 1. The summed E-state index contributed by atoms with van der Waals surface area (Å²) in [6, 6.07) is 7.58. The van der Waals surface area contributed by atoms with Crippen LogP contribution in [0.4, 0.5) is 0 Å². The fraction of sp³-hybridized carbons (Fsp3) is 0.647. The Labute approximate surface area is 127 Å². The van der Waals surface area contributed by atoms with E-state index in [1.165, 1.54) is 43.5 Å². The molecule has 0 amide bonds. The average molecular weight is 293 g/mol. The third kappa shape index (κ3) is 3.36. The molecule has 0 bridgehead atoms. The van der Waals surface area contributed by atoms with E-state index in [4.69, 9.17) is 11.6 Å². The van der Waals surface area contributed by atoms with Crippen molar-refractivity contribution < 1.29 is 0 Å². The Morgan fingerprint density at radius 1 is 1.20 bits per heavy atom. The lowest BCUT2D eigenvalue weighted by Crippen LogP contribution is -2.45. The molecular weight excluding hydrogens is 268 g/mol. The molecule has 1 saturated heterocycles. The zero-order valence-corrected chi connectivity index (χ0v) is 13.1. The molecule has 2 unspecified atom stereocenters. The predicted molar refractivity (Wildman–Crippen MR) is 85.5 cm³/mol. The molecule has 1 aliphatic carbocycles. The first-order valence-electron chi connectivity index (χ1n) is 7.97. The lowest BCUT2D eigenvalue weighted by molar-refractivity contribution is 0.168. The van der Waals surface area contributed by atoms with Crippen LogP contribution in [0.1, 0.15) is 37.3 Å². The Kier molecular flexibility index (Phi) is 4.65. The van der Waals surface area contributed by atoms with Crippen LogP contribution in [0, 0.1) is 0 Å². The van der Waals surface area contributed by atoms with E-state index in [9.17, 15) is 0 Å². The highest BCUT2D eigenvalue weighted by atomic mass is 35.5. The smallest absolute Gasteiger partial charge is 0.0408 e. The normalized spacial score (nSPS) is 24.6. The molecule has 0 aromatic heterocycles. The number of hydrogen-bond donors (Lipinski definition) is 1. The number of hydrogen-bond acceptors (Lipinski definition) is 2. The second-order valence-corrected chi connectivity index (χ2v) is 6.81. The van der Waals surface area contributed by atoms with Gasteiger partial charge in [-0.2, -0.15) is 0 Å². The van der Waals surface area contributed by atoms with Crippen molar-refractivity contribution in [2.24, 2.45) is 0 Å². The van der Waals surface area contributed by atoms with Crippen LogP contribution in [0.15, 0.2) is 18.2 Å². The minimum absolute atomic E-state index is 0.593. The summed E-state index contributed by atoms with van der Waals surface area (Å²) in [5, 5.41) is 4.63. The van der Waals surface area contributed by atoms with E-state index >= 15 is 0 Å². The Bertz CT molecular complexity index is 454. The van der Waals surface area contributed by atoms with Gasteiger partial charge >= 0.3 is 0 Å². The van der Waals surface area contributed by atoms with E-state index in [2.05, 4.69) is 29.3 Å². The maximum Gasteiger partial charge on any atom is 0.0408 e. The summed E-state index contributed by atoms with van der Waals surface area (Å²) >= 11 is 6.07. The second-order valence-electron chi connectivity index (χ2n) is 6.37. The molecule has 1 N–H and O–H groups in total. The first kappa shape index (κ1) is 14.4. The van der Waals surface area contributed by atoms with Crippen LogP contribution < -0.4 is 5.32 Å². The van der Waals surface area contributed by atoms with E-state index in [-0.39, 0.29) is 0 Å². The number of nitrogens with zero attached hydrogens (tertiary/aromatic N) is 1. The van der Waals surface area contributed by atoms with Crippen molar-refractivity contribution in [2.45, 2.75) is 51.1 Å². The topological polar surface area (TPSA) is 15.3 Å². The molecule has 0 saturated carbocycles. The Morgan fingerprint density at radius 2 is 1.95 bits per heavy atom. The van der Waals surface area contributed by atoms with Crippen LogP contribution in [0.3, 0.4) is 0 Å². The van der Waals surface area contributed by atoms with Crippen molar-refractivity contribution in [3.63, 3.8) is 0 Å². The molecule has 1 fully saturated rings. The van der Waals surface area contributed by atoms with Gasteiger partial charge in [-0.25, -0.2) is 0 Å². The van der Waals surface area contributed by atoms with Crippen molar-refractivity contribution in [3.8, 4) is 0 Å². The largest absolute Gasteiger partial charge is 0.312 e. The third-order valence-corrected chi connectivity index (χ3v) is 5.05. The molecular formula is C17H25ClN2. The minimum atomic E-state index is 0.593. The Morgan fingerprint density at radius 3 is 2.75 bits per heavy atom. The van der Waals surface area contributed by atoms with Gasteiger partial charge in [0, 0.05) is 23.7 Å². The standard InChI is InChI=1S/C17H25ClN2/c1-13(20-7-3-2-4-8-20)12-19-17-10-14-5-6-16(18)9-15(14)11-17/h5-6,9,13,17,19H,2-4,7-8,10-12H2,1H3. The summed E-state index contributed by atoms with van der Waals surface area (Å²) in [6.07, 6.45) is 6.44. The highest BCUT2D eigenvalue weighted by Gasteiger charge is 2.23. The molecule has 0 radical (unpaired) electrons. The molecule has 1 aromatic rings. The van der Waals surface area contributed by atoms with Crippen LogP contribution in [0.25, 0.3) is 0 Å². The van der Waals surface area contributed by atoms with E-state index in [1.807, 2.05) is 6.07 Å². The quantitative estimate of drug-likeness (QED) is 0.916. The first-order chi connectivity index (χ1) is 9.72. The monoisotopic (exact) mass is 292 g/mol. The SMILES string of the molecule is CC(CNC1Cc2ccc(Cl)cc2C1)N1CCCCC1. The molecule has 110 valence electrons. The lowest BCUT2D eigenvalue weighted by Gasteiger charge is -2.33. The van der Waals surface area contributed by atoms with Crippen LogP contribution in [0.5, 0.6) is 0 Å². The molecule has 1 aliphatic heterocycles. The molecule has 2 nitrogen and oxygen atoms in total. The lowest BCUT2D eigenvalue weighted by atomic mass is 10.1. The maximum atomic E-state index is 6.07. The maximum absolute atomic E-state index is 6.07. The van der Waals surface area contributed by atoms with Gasteiger partial charge in [-0.3, -0.25) is 4.90 Å². The van der Waals surface area contributed by atoms with Gasteiger partial charge in [0.2, 0.25) is 0 Å². The van der Waals surface area contributed by atoms with Crippen molar-refractivity contribution in [2.75, 3.05) is 19.6 Å². The van der Waals surface area contributed by atoms with E-state index < -0.39 is 0 Å². The van der Waals surface area contributed by atoms with Crippen LogP contribution in [0.2, 0.25) is 5.02 Å². The van der Waals surface area contributed by atoms with E-state index in [1.54, 1.807) is 0 Å². The number of fused-ring (bicyclic) bond motifs is 1. The minimum Gasteiger partial charge on any atom is -0.312 e. The Balaban J connectivity index is 1.48. The van der Waals surface area contributed by atoms with Crippen molar-refractivity contribution in [1.82, 2.24) is 10.2 Å². The zero-order chi connectivity index (χ0) is 13.9. The van der Waals surface area contributed by atoms with Crippen molar-refractivity contribution >= 4 is 11.6 Å². The van der Waals surface area contributed by atoms with Crippen LogP contribution in [-0.4, -0.2) is 36.6 Å². The number of rotatable bonds is 4. The molecule has 3 heteroatoms. The third-order valence-electron chi connectivity index (χ3n) is 4.82. The number of piperidine rings is 1. The van der Waals surface area contributed by atoms with Crippen molar-refractivity contribution in [3.05, 3.63) is 34.3 Å². The number of halogens is 1. The van der Waals surface area contributed by atoms with Gasteiger partial charge in [0.25, 0.3) is 0 Å². The summed E-state index contributed by atoms with van der Waals surface area (Å²) < 4.78 is 0. The summed E-state index contributed by atoms with van der Waals surface area (Å²) in [6.45, 7) is 6.02. The zero-order valence-electron chi connectivity index (χ0n) is 12.4. The summed E-state index contributed by atoms with van der Waals surface area (Å²) in [4.78, 5) is 2.63. The molecule has 3 rings (SSSR count). The summed E-state index contributed by atoms with van der Waals surface area (Å²) in [5.74, 6) is 0. The van der Waals surface area contributed by atoms with E-state index in [0.717, 1.165) is 24.4 Å². The van der Waals surface area contributed by atoms with Crippen LogP contribution >= 0.6 is 11.6 Å². The predicted octanol–water partition coefficient (Wildman–Crippen LogP) is 3.27. The van der Waals surface area contributed by atoms with E-state index in [0.29, 0.717) is 12.1 Å². The van der Waals surface area contributed by atoms with Gasteiger partial charge in [-0.15, -0.1) is 0 Å². The fourth-order valence-corrected chi connectivity index (χ4v) is 3.75. The second kappa shape index (κ2) is 6.46. The molecule has 2 aliphatic rings. The van der Waals surface area contributed by atoms with Crippen molar-refractivity contribution in [1.29, 1.82) is 0 Å². The highest BCUT2D eigenvalue weighted by Crippen LogP contribution is 2.25. The van der Waals surface area contributed by atoms with Gasteiger partial charge in [0.15, 0.2) is 0 Å². The Hall–Kier alpha value is -0.570. The van der Waals surface area contributed by atoms with Gasteiger partial charge in [0.1, 0.15) is 0 Å². The van der Waals surface area contributed by atoms with Crippen LogP contribution in [-0.2, 0) is 12.8 Å². The summed E-state index contributed by atoms with van der Waals surface area (Å²) in [7, 11) is 0. The average Bonchev–Trinajstić information content (AvgIpc) is 2.87. The van der Waals surface area contributed by atoms with Gasteiger partial charge < -0.3 is 5.32 Å². The number of nitrogens with one attached hydrogen (secondary N) is 1. The van der Waals surface area contributed by atoms with Gasteiger partial charge in [-0.05, 0) is 69.0 Å². The highest BCUT2D eigenvalue weighted by molar-refractivity contribution is 6.30.